The number of anilines is 2. The third-order valence-corrected chi connectivity index (χ3v) is 4.10. The highest BCUT2D eigenvalue weighted by Gasteiger charge is 2.35. The van der Waals surface area contributed by atoms with Crippen molar-refractivity contribution in [1.29, 1.82) is 0 Å². The molecule has 0 unspecified atom stereocenters. The summed E-state index contributed by atoms with van der Waals surface area (Å²) in [5, 5.41) is 9.36. The summed E-state index contributed by atoms with van der Waals surface area (Å²) in [5.74, 6) is -1.60. The van der Waals surface area contributed by atoms with Crippen molar-refractivity contribution in [1.82, 2.24) is 9.97 Å². The van der Waals surface area contributed by atoms with Gasteiger partial charge >= 0.3 is 0 Å². The number of nitrogens with zero attached hydrogens (tertiary/aromatic N) is 3. The number of aliphatic hydroxyl groups excluding tert-OH is 1. The molecule has 0 atom stereocenters. The standard InChI is InChI=1S/C13H18F2N4O/c14-13(15)1-3-19(4-2-13)11-7-10(17-12(16)18-11)8-5-9(20)6-8/h7-9,20H,1-6H2,(H2,16,17,18). The first kappa shape index (κ1) is 13.5. The largest absolute Gasteiger partial charge is 0.393 e. The molecule has 0 aromatic carbocycles. The number of hydrogen-bond donors (Lipinski definition) is 2. The number of nitrogen functional groups attached to an aromatic ring is 1. The highest BCUT2D eigenvalue weighted by molar-refractivity contribution is 5.45. The number of aromatic nitrogens is 2. The van der Waals surface area contributed by atoms with Crippen LogP contribution in [0.1, 0.15) is 37.3 Å². The fourth-order valence-corrected chi connectivity index (χ4v) is 2.73. The number of piperidine rings is 1. The Kier molecular flexibility index (Phi) is 3.24. The molecule has 1 aliphatic heterocycles. The van der Waals surface area contributed by atoms with Crippen LogP contribution in [0.3, 0.4) is 0 Å². The molecule has 3 rings (SSSR count). The van der Waals surface area contributed by atoms with Crippen LogP contribution in [0, 0.1) is 0 Å². The summed E-state index contributed by atoms with van der Waals surface area (Å²) in [6.45, 7) is 0.548. The maximum atomic E-state index is 13.2. The Hall–Kier alpha value is -1.50. The Morgan fingerprint density at radius 3 is 2.50 bits per heavy atom. The van der Waals surface area contributed by atoms with Crippen molar-refractivity contribution in [3.63, 3.8) is 0 Å². The van der Waals surface area contributed by atoms with Crippen molar-refractivity contribution >= 4 is 11.8 Å². The lowest BCUT2D eigenvalue weighted by Gasteiger charge is -2.34. The molecule has 1 aliphatic carbocycles. The number of halogens is 2. The summed E-state index contributed by atoms with van der Waals surface area (Å²) >= 11 is 0. The van der Waals surface area contributed by atoms with Crippen LogP contribution in [0.25, 0.3) is 0 Å². The Bertz CT molecular complexity index is 495. The fraction of sp³-hybridized carbons (Fsp3) is 0.692. The zero-order valence-electron chi connectivity index (χ0n) is 11.1. The van der Waals surface area contributed by atoms with Gasteiger partial charge in [-0.2, -0.15) is 4.98 Å². The molecule has 2 heterocycles. The molecular weight excluding hydrogens is 266 g/mol. The van der Waals surface area contributed by atoms with E-state index in [4.69, 9.17) is 5.73 Å². The summed E-state index contributed by atoms with van der Waals surface area (Å²) in [5.41, 5.74) is 6.51. The van der Waals surface area contributed by atoms with E-state index in [9.17, 15) is 13.9 Å². The van der Waals surface area contributed by atoms with Crippen molar-refractivity contribution in [3.05, 3.63) is 11.8 Å². The molecule has 2 aliphatic rings. The third-order valence-electron chi connectivity index (χ3n) is 4.10. The predicted molar refractivity (Wildman–Crippen MR) is 70.8 cm³/mol. The maximum Gasteiger partial charge on any atom is 0.251 e. The minimum absolute atomic E-state index is 0.158. The number of aliphatic hydroxyl groups is 1. The number of nitrogens with two attached hydrogens (primary N) is 1. The molecule has 7 heteroatoms. The Morgan fingerprint density at radius 1 is 1.25 bits per heavy atom. The quantitative estimate of drug-likeness (QED) is 0.861. The summed E-state index contributed by atoms with van der Waals surface area (Å²) in [6, 6.07) is 1.82. The molecule has 3 N–H and O–H groups in total. The van der Waals surface area contributed by atoms with Gasteiger partial charge in [-0.3, -0.25) is 0 Å². The van der Waals surface area contributed by atoms with Gasteiger partial charge < -0.3 is 15.7 Å². The lowest BCUT2D eigenvalue weighted by Crippen LogP contribution is -2.40. The van der Waals surface area contributed by atoms with Gasteiger partial charge in [-0.25, -0.2) is 13.8 Å². The molecule has 5 nitrogen and oxygen atoms in total. The molecule has 0 radical (unpaired) electrons. The molecule has 20 heavy (non-hydrogen) atoms. The van der Waals surface area contributed by atoms with Crippen LogP contribution in [-0.4, -0.2) is 40.2 Å². The monoisotopic (exact) mass is 284 g/mol. The molecule has 1 saturated carbocycles. The van der Waals surface area contributed by atoms with Gasteiger partial charge in [0.05, 0.1) is 11.8 Å². The lowest BCUT2D eigenvalue weighted by molar-refractivity contribution is -0.0221. The van der Waals surface area contributed by atoms with E-state index < -0.39 is 5.92 Å². The summed E-state index contributed by atoms with van der Waals surface area (Å²) in [7, 11) is 0. The number of hydrogen-bond acceptors (Lipinski definition) is 5. The van der Waals surface area contributed by atoms with Crippen LogP contribution < -0.4 is 10.6 Å². The Labute approximate surface area is 115 Å². The average molecular weight is 284 g/mol. The zero-order valence-corrected chi connectivity index (χ0v) is 11.1. The van der Waals surface area contributed by atoms with Crippen LogP contribution >= 0.6 is 0 Å². The van der Waals surface area contributed by atoms with Crippen molar-refractivity contribution in [2.45, 2.75) is 43.6 Å². The van der Waals surface area contributed by atoms with Gasteiger partial charge in [0, 0.05) is 37.9 Å². The van der Waals surface area contributed by atoms with Crippen LogP contribution in [-0.2, 0) is 0 Å². The lowest BCUT2D eigenvalue weighted by atomic mass is 9.80. The van der Waals surface area contributed by atoms with Gasteiger partial charge in [-0.1, -0.05) is 0 Å². The SMILES string of the molecule is Nc1nc(C2CC(O)C2)cc(N2CCC(F)(F)CC2)n1. The van der Waals surface area contributed by atoms with E-state index in [2.05, 4.69) is 9.97 Å². The van der Waals surface area contributed by atoms with Gasteiger partial charge in [-0.05, 0) is 12.8 Å². The Morgan fingerprint density at radius 2 is 1.90 bits per heavy atom. The maximum absolute atomic E-state index is 13.2. The van der Waals surface area contributed by atoms with Crippen LogP contribution in [0.2, 0.25) is 0 Å². The topological polar surface area (TPSA) is 75.3 Å². The first-order valence-electron chi connectivity index (χ1n) is 6.88. The molecule has 1 aromatic rings. The summed E-state index contributed by atoms with van der Waals surface area (Å²) in [4.78, 5) is 10.2. The van der Waals surface area contributed by atoms with Crippen molar-refractivity contribution in [2.75, 3.05) is 23.7 Å². The van der Waals surface area contributed by atoms with E-state index in [0.29, 0.717) is 18.7 Å². The van der Waals surface area contributed by atoms with E-state index in [1.165, 1.54) is 0 Å². The molecule has 2 fully saturated rings. The van der Waals surface area contributed by atoms with Gasteiger partial charge in [0.1, 0.15) is 5.82 Å². The fourth-order valence-electron chi connectivity index (χ4n) is 2.73. The summed E-state index contributed by atoms with van der Waals surface area (Å²) in [6.07, 6.45) is 0.762. The average Bonchev–Trinajstić information content (AvgIpc) is 2.34. The second-order valence-electron chi connectivity index (χ2n) is 5.67. The zero-order chi connectivity index (χ0) is 14.3. The second kappa shape index (κ2) is 4.80. The molecular formula is C13H18F2N4O. The minimum atomic E-state index is -2.57. The normalized spacial score (nSPS) is 29.1. The Balaban J connectivity index is 1.76. The molecule has 0 spiro atoms. The van der Waals surface area contributed by atoms with Crippen LogP contribution in [0.4, 0.5) is 20.5 Å². The minimum Gasteiger partial charge on any atom is -0.393 e. The van der Waals surface area contributed by atoms with E-state index in [-0.39, 0.29) is 43.9 Å². The molecule has 0 amide bonds. The molecule has 1 aromatic heterocycles. The van der Waals surface area contributed by atoms with Gasteiger partial charge in [0.25, 0.3) is 5.92 Å². The van der Waals surface area contributed by atoms with Gasteiger partial charge in [0.15, 0.2) is 0 Å². The first-order chi connectivity index (χ1) is 9.43. The second-order valence-corrected chi connectivity index (χ2v) is 5.67. The van der Waals surface area contributed by atoms with E-state index in [1.54, 1.807) is 0 Å². The number of rotatable bonds is 2. The van der Waals surface area contributed by atoms with Crippen LogP contribution in [0.15, 0.2) is 6.07 Å². The van der Waals surface area contributed by atoms with Gasteiger partial charge in [-0.15, -0.1) is 0 Å². The van der Waals surface area contributed by atoms with Gasteiger partial charge in [0.2, 0.25) is 5.95 Å². The molecule has 1 saturated heterocycles. The van der Waals surface area contributed by atoms with Crippen molar-refractivity contribution in [2.24, 2.45) is 0 Å². The van der Waals surface area contributed by atoms with E-state index >= 15 is 0 Å². The highest BCUT2D eigenvalue weighted by atomic mass is 19.3. The van der Waals surface area contributed by atoms with Crippen molar-refractivity contribution < 1.29 is 13.9 Å². The predicted octanol–water partition coefficient (Wildman–Crippen LogP) is 1.53. The van der Waals surface area contributed by atoms with E-state index in [0.717, 1.165) is 5.69 Å². The molecule has 110 valence electrons. The number of alkyl halides is 2. The first-order valence-corrected chi connectivity index (χ1v) is 6.88. The highest BCUT2D eigenvalue weighted by Crippen LogP contribution is 2.37. The third kappa shape index (κ3) is 2.67. The van der Waals surface area contributed by atoms with E-state index in [1.807, 2.05) is 11.0 Å². The van der Waals surface area contributed by atoms with Crippen molar-refractivity contribution in [3.8, 4) is 0 Å². The smallest absolute Gasteiger partial charge is 0.251 e. The summed E-state index contributed by atoms with van der Waals surface area (Å²) < 4.78 is 26.4. The van der Waals surface area contributed by atoms with Crippen LogP contribution in [0.5, 0.6) is 0 Å². The molecule has 0 bridgehead atoms.